The van der Waals surface area contributed by atoms with Crippen LogP contribution in [0.1, 0.15) is 43.4 Å². The lowest BCUT2D eigenvalue weighted by atomic mass is 9.75. The molecule has 150 valence electrons. The van der Waals surface area contributed by atoms with Crippen molar-refractivity contribution in [1.29, 1.82) is 0 Å². The Morgan fingerprint density at radius 2 is 1.86 bits per heavy atom. The van der Waals surface area contributed by atoms with E-state index in [1.807, 2.05) is 6.07 Å². The van der Waals surface area contributed by atoms with Crippen LogP contribution in [0.25, 0.3) is 0 Å². The van der Waals surface area contributed by atoms with Gasteiger partial charge in [0.2, 0.25) is 5.91 Å². The van der Waals surface area contributed by atoms with E-state index in [0.29, 0.717) is 23.2 Å². The molecule has 0 spiro atoms. The number of nitrogens with zero attached hydrogens (tertiary/aromatic N) is 1. The van der Waals surface area contributed by atoms with Crippen molar-refractivity contribution in [1.82, 2.24) is 15.1 Å². The molecule has 28 heavy (non-hydrogen) atoms. The van der Waals surface area contributed by atoms with Crippen LogP contribution in [0.15, 0.2) is 35.1 Å². The van der Waals surface area contributed by atoms with Gasteiger partial charge in [-0.25, -0.2) is 0 Å². The molecule has 1 amide bonds. The average molecular weight is 383 g/mol. The third-order valence-electron chi connectivity index (χ3n) is 6.50. The normalized spacial score (nSPS) is 23.8. The summed E-state index contributed by atoms with van der Waals surface area (Å²) in [4.78, 5) is 27.5. The van der Waals surface area contributed by atoms with Crippen molar-refractivity contribution < 1.29 is 4.79 Å². The number of carbonyl (C=O) groups is 1. The summed E-state index contributed by atoms with van der Waals surface area (Å²) in [6.07, 6.45) is 6.29. The molecule has 1 aliphatic heterocycles. The number of anilines is 1. The molecule has 1 aliphatic carbocycles. The topological polar surface area (TPSA) is 81.0 Å². The van der Waals surface area contributed by atoms with Crippen LogP contribution in [-0.4, -0.2) is 34.1 Å². The summed E-state index contributed by atoms with van der Waals surface area (Å²) in [6.45, 7) is 4.38. The lowest BCUT2D eigenvalue weighted by molar-refractivity contribution is -0.121. The minimum Gasteiger partial charge on any atom is -0.320 e. The SMILES string of the molecule is Cc1[nH][nH]c(=O)c1NC(=O)[C@@H]1CN(Cc2ccccc2)C[C@H]1C1CCCCC1. The molecule has 0 unspecified atom stereocenters. The van der Waals surface area contributed by atoms with Crippen LogP contribution in [0.2, 0.25) is 0 Å². The maximum atomic E-state index is 13.2. The molecule has 0 radical (unpaired) electrons. The van der Waals surface area contributed by atoms with E-state index in [1.54, 1.807) is 6.92 Å². The monoisotopic (exact) mass is 382 g/mol. The fourth-order valence-electron chi connectivity index (χ4n) is 5.01. The fraction of sp³-hybridized carbons (Fsp3) is 0.545. The standard InChI is InChI=1S/C22H30N4O2/c1-15-20(22(28)25-24-15)23-21(27)19-14-26(12-16-8-4-2-5-9-16)13-18(19)17-10-6-3-7-11-17/h2,4-5,8-9,17-19H,3,6-7,10-14H2,1H3,(H,23,27)(H2,24,25,28)/t18-,19+/m0/s1. The number of aryl methyl sites for hydroxylation is 1. The highest BCUT2D eigenvalue weighted by Crippen LogP contribution is 2.39. The van der Waals surface area contributed by atoms with Crippen molar-refractivity contribution in [3.8, 4) is 0 Å². The van der Waals surface area contributed by atoms with Crippen LogP contribution >= 0.6 is 0 Å². The van der Waals surface area contributed by atoms with Gasteiger partial charge >= 0.3 is 0 Å². The van der Waals surface area contributed by atoms with Crippen LogP contribution in [0.3, 0.4) is 0 Å². The van der Waals surface area contributed by atoms with Crippen LogP contribution < -0.4 is 10.9 Å². The van der Waals surface area contributed by atoms with E-state index in [9.17, 15) is 9.59 Å². The van der Waals surface area contributed by atoms with Crippen molar-refractivity contribution in [3.63, 3.8) is 0 Å². The Morgan fingerprint density at radius 3 is 2.54 bits per heavy atom. The molecule has 2 heterocycles. The summed E-state index contributed by atoms with van der Waals surface area (Å²) in [6, 6.07) is 10.5. The zero-order valence-electron chi connectivity index (χ0n) is 16.5. The van der Waals surface area contributed by atoms with Gasteiger partial charge in [0, 0.05) is 19.6 Å². The number of hydrogen-bond donors (Lipinski definition) is 3. The molecule has 1 aromatic heterocycles. The predicted octanol–water partition coefficient (Wildman–Crippen LogP) is 3.28. The molecule has 1 saturated carbocycles. The highest BCUT2D eigenvalue weighted by atomic mass is 16.2. The van der Waals surface area contributed by atoms with Gasteiger partial charge in [0.25, 0.3) is 5.56 Å². The Kier molecular flexibility index (Phi) is 5.67. The fourth-order valence-corrected chi connectivity index (χ4v) is 5.01. The van der Waals surface area contributed by atoms with Crippen molar-refractivity contribution in [2.45, 2.75) is 45.6 Å². The molecule has 1 saturated heterocycles. The molecular formula is C22H30N4O2. The zero-order valence-corrected chi connectivity index (χ0v) is 16.5. The van der Waals surface area contributed by atoms with Gasteiger partial charge < -0.3 is 10.4 Å². The molecule has 6 nitrogen and oxygen atoms in total. The van der Waals surface area contributed by atoms with Gasteiger partial charge in [0.1, 0.15) is 5.69 Å². The van der Waals surface area contributed by atoms with E-state index in [-0.39, 0.29) is 17.4 Å². The van der Waals surface area contributed by atoms with E-state index in [4.69, 9.17) is 0 Å². The number of benzene rings is 1. The van der Waals surface area contributed by atoms with Gasteiger partial charge in [-0.1, -0.05) is 62.4 Å². The quantitative estimate of drug-likeness (QED) is 0.742. The Morgan fingerprint density at radius 1 is 1.11 bits per heavy atom. The van der Waals surface area contributed by atoms with Gasteiger partial charge in [-0.15, -0.1) is 0 Å². The van der Waals surface area contributed by atoms with Gasteiger partial charge in [-0.05, 0) is 24.3 Å². The largest absolute Gasteiger partial charge is 0.320 e. The molecule has 2 aliphatic rings. The second kappa shape index (κ2) is 8.35. The Bertz CT molecular complexity index is 851. The zero-order chi connectivity index (χ0) is 19.5. The average Bonchev–Trinajstić information content (AvgIpc) is 3.28. The number of aromatic amines is 2. The van der Waals surface area contributed by atoms with E-state index >= 15 is 0 Å². The highest BCUT2D eigenvalue weighted by Gasteiger charge is 2.42. The lowest BCUT2D eigenvalue weighted by Crippen LogP contribution is -2.34. The van der Waals surface area contributed by atoms with Crippen LogP contribution in [0.5, 0.6) is 0 Å². The Hall–Kier alpha value is -2.34. The molecule has 0 bridgehead atoms. The summed E-state index contributed by atoms with van der Waals surface area (Å²) >= 11 is 0. The maximum Gasteiger partial charge on any atom is 0.287 e. The first-order valence-electron chi connectivity index (χ1n) is 10.5. The number of amides is 1. The molecule has 1 aromatic carbocycles. The summed E-state index contributed by atoms with van der Waals surface area (Å²) in [5.41, 5.74) is 2.05. The van der Waals surface area contributed by atoms with Crippen LogP contribution in [0, 0.1) is 24.7 Å². The first-order chi connectivity index (χ1) is 13.6. The predicted molar refractivity (Wildman–Crippen MR) is 110 cm³/mol. The van der Waals surface area contributed by atoms with Gasteiger partial charge in [-0.2, -0.15) is 0 Å². The molecule has 2 fully saturated rings. The smallest absolute Gasteiger partial charge is 0.287 e. The Labute approximate surface area is 165 Å². The first-order valence-corrected chi connectivity index (χ1v) is 10.5. The van der Waals surface area contributed by atoms with E-state index in [1.165, 1.54) is 37.7 Å². The molecule has 4 rings (SSSR count). The second-order valence-electron chi connectivity index (χ2n) is 8.42. The van der Waals surface area contributed by atoms with E-state index < -0.39 is 0 Å². The number of hydrogen-bond acceptors (Lipinski definition) is 3. The minimum atomic E-state index is -0.265. The summed E-state index contributed by atoms with van der Waals surface area (Å²) in [5.74, 6) is 0.887. The van der Waals surface area contributed by atoms with Crippen molar-refractivity contribution in [3.05, 3.63) is 51.9 Å². The number of aromatic nitrogens is 2. The molecular weight excluding hydrogens is 352 g/mol. The second-order valence-corrected chi connectivity index (χ2v) is 8.42. The molecule has 2 aromatic rings. The van der Waals surface area contributed by atoms with Crippen molar-refractivity contribution >= 4 is 11.6 Å². The number of nitrogens with one attached hydrogen (secondary N) is 3. The Balaban J connectivity index is 1.51. The number of likely N-dealkylation sites (tertiary alicyclic amines) is 1. The van der Waals surface area contributed by atoms with Gasteiger partial charge in [0.05, 0.1) is 11.6 Å². The van der Waals surface area contributed by atoms with Crippen molar-refractivity contribution in [2.24, 2.45) is 17.8 Å². The molecule has 2 atom stereocenters. The molecule has 3 N–H and O–H groups in total. The summed E-state index contributed by atoms with van der Waals surface area (Å²) in [5, 5.41) is 8.24. The molecule has 6 heteroatoms. The third kappa shape index (κ3) is 4.07. The first kappa shape index (κ1) is 19.0. The number of H-pyrrole nitrogens is 2. The van der Waals surface area contributed by atoms with Gasteiger partial charge in [-0.3, -0.25) is 19.6 Å². The van der Waals surface area contributed by atoms with E-state index in [0.717, 1.165) is 19.6 Å². The maximum absolute atomic E-state index is 13.2. The lowest BCUT2D eigenvalue weighted by Gasteiger charge is -2.30. The minimum absolute atomic E-state index is 0.0145. The van der Waals surface area contributed by atoms with Crippen LogP contribution in [-0.2, 0) is 11.3 Å². The third-order valence-corrected chi connectivity index (χ3v) is 6.50. The highest BCUT2D eigenvalue weighted by molar-refractivity contribution is 5.93. The van der Waals surface area contributed by atoms with E-state index in [2.05, 4.69) is 44.7 Å². The summed E-state index contributed by atoms with van der Waals surface area (Å²) in [7, 11) is 0. The summed E-state index contributed by atoms with van der Waals surface area (Å²) < 4.78 is 0. The van der Waals surface area contributed by atoms with Gasteiger partial charge in [0.15, 0.2) is 0 Å². The van der Waals surface area contributed by atoms with Crippen LogP contribution in [0.4, 0.5) is 5.69 Å². The number of carbonyl (C=O) groups excluding carboxylic acids is 1. The van der Waals surface area contributed by atoms with Crippen molar-refractivity contribution in [2.75, 3.05) is 18.4 Å². The number of rotatable bonds is 5.